The van der Waals surface area contributed by atoms with Gasteiger partial charge >= 0.3 is 5.97 Å². The molecule has 0 unspecified atom stereocenters. The van der Waals surface area contributed by atoms with E-state index in [0.717, 1.165) is 11.1 Å². The summed E-state index contributed by atoms with van der Waals surface area (Å²) in [4.78, 5) is 10.4. The van der Waals surface area contributed by atoms with Crippen LogP contribution in [0.4, 0.5) is 4.39 Å². The number of aryl methyl sites for hydroxylation is 1. The van der Waals surface area contributed by atoms with E-state index in [0.29, 0.717) is 6.42 Å². The van der Waals surface area contributed by atoms with E-state index >= 15 is 0 Å². The first kappa shape index (κ1) is 11.7. The van der Waals surface area contributed by atoms with Crippen molar-refractivity contribution in [1.29, 1.82) is 0 Å². The molecule has 0 saturated carbocycles. The molecule has 0 atom stereocenters. The Morgan fingerprint density at radius 2 is 2.13 bits per heavy atom. The lowest BCUT2D eigenvalue weighted by Gasteiger charge is -2.11. The maximum Gasteiger partial charge on any atom is 0.303 e. The molecule has 0 spiro atoms. The van der Waals surface area contributed by atoms with E-state index in [9.17, 15) is 9.18 Å². The molecule has 1 aromatic carbocycles. The van der Waals surface area contributed by atoms with Crippen LogP contribution in [0.15, 0.2) is 18.2 Å². The van der Waals surface area contributed by atoms with Gasteiger partial charge in [-0.05, 0) is 35.6 Å². The highest BCUT2D eigenvalue weighted by atomic mass is 19.1. The summed E-state index contributed by atoms with van der Waals surface area (Å²) in [5, 5.41) is 8.58. The molecule has 3 heteroatoms. The highest BCUT2D eigenvalue weighted by Gasteiger charge is 2.09. The van der Waals surface area contributed by atoms with E-state index in [2.05, 4.69) is 0 Å². The molecule has 82 valence electrons. The molecule has 0 aliphatic carbocycles. The van der Waals surface area contributed by atoms with Gasteiger partial charge in [-0.15, -0.1) is 0 Å². The summed E-state index contributed by atoms with van der Waals surface area (Å²) < 4.78 is 13.0. The van der Waals surface area contributed by atoms with Crippen LogP contribution in [0.1, 0.15) is 37.3 Å². The largest absolute Gasteiger partial charge is 0.481 e. The number of benzene rings is 1. The Morgan fingerprint density at radius 3 is 2.67 bits per heavy atom. The van der Waals surface area contributed by atoms with Gasteiger partial charge in [-0.3, -0.25) is 4.79 Å². The smallest absolute Gasteiger partial charge is 0.303 e. The number of halogens is 1. The second-order valence-electron chi connectivity index (χ2n) is 3.89. The Hall–Kier alpha value is -1.38. The van der Waals surface area contributed by atoms with Crippen LogP contribution in [0, 0.1) is 5.82 Å². The van der Waals surface area contributed by atoms with Crippen LogP contribution >= 0.6 is 0 Å². The zero-order chi connectivity index (χ0) is 11.4. The lowest BCUT2D eigenvalue weighted by atomic mass is 9.94. The average Bonchev–Trinajstić information content (AvgIpc) is 2.14. The summed E-state index contributed by atoms with van der Waals surface area (Å²) in [5.41, 5.74) is 1.82. The molecule has 0 saturated heterocycles. The Bertz CT molecular complexity index is 359. The van der Waals surface area contributed by atoms with Crippen LogP contribution in [0.25, 0.3) is 0 Å². The molecule has 0 aromatic heterocycles. The van der Waals surface area contributed by atoms with Crippen LogP contribution in [0.5, 0.6) is 0 Å². The van der Waals surface area contributed by atoms with E-state index in [1.54, 1.807) is 6.07 Å². The third-order valence-electron chi connectivity index (χ3n) is 2.34. The summed E-state index contributed by atoms with van der Waals surface area (Å²) in [6.07, 6.45) is 0.434. The molecule has 0 bridgehead atoms. The van der Waals surface area contributed by atoms with Crippen molar-refractivity contribution < 1.29 is 14.3 Å². The van der Waals surface area contributed by atoms with Gasteiger partial charge in [0, 0.05) is 6.42 Å². The first-order valence-electron chi connectivity index (χ1n) is 5.01. The van der Waals surface area contributed by atoms with Crippen molar-refractivity contribution in [3.8, 4) is 0 Å². The monoisotopic (exact) mass is 210 g/mol. The molecule has 1 rings (SSSR count). The van der Waals surface area contributed by atoms with E-state index in [4.69, 9.17) is 5.11 Å². The number of rotatable bonds is 4. The second-order valence-corrected chi connectivity index (χ2v) is 3.89. The normalized spacial score (nSPS) is 10.7. The van der Waals surface area contributed by atoms with Gasteiger partial charge in [0.25, 0.3) is 0 Å². The minimum absolute atomic E-state index is 0.0448. The Kier molecular flexibility index (Phi) is 3.83. The van der Waals surface area contributed by atoms with E-state index in [-0.39, 0.29) is 18.2 Å². The van der Waals surface area contributed by atoms with Crippen LogP contribution in [0.3, 0.4) is 0 Å². The van der Waals surface area contributed by atoms with Gasteiger partial charge in [-0.25, -0.2) is 4.39 Å². The SMILES string of the molecule is CC(C)c1ccc(F)cc1CCC(=O)O. The summed E-state index contributed by atoms with van der Waals surface area (Å²) >= 11 is 0. The number of carbonyl (C=O) groups is 1. The van der Waals surface area contributed by atoms with Crippen molar-refractivity contribution in [3.05, 3.63) is 35.1 Å². The lowest BCUT2D eigenvalue weighted by Crippen LogP contribution is -2.02. The Labute approximate surface area is 88.7 Å². The van der Waals surface area contributed by atoms with Crippen LogP contribution in [-0.2, 0) is 11.2 Å². The van der Waals surface area contributed by atoms with Gasteiger partial charge in [-0.2, -0.15) is 0 Å². The second kappa shape index (κ2) is 4.91. The average molecular weight is 210 g/mol. The number of hydrogen-bond donors (Lipinski definition) is 1. The molecule has 0 radical (unpaired) electrons. The minimum Gasteiger partial charge on any atom is -0.481 e. The fourth-order valence-corrected chi connectivity index (χ4v) is 1.60. The molecule has 0 amide bonds. The first-order valence-corrected chi connectivity index (χ1v) is 5.01. The number of carboxylic acid groups (broad SMARTS) is 1. The van der Waals surface area contributed by atoms with Crippen LogP contribution in [-0.4, -0.2) is 11.1 Å². The van der Waals surface area contributed by atoms with Crippen molar-refractivity contribution in [3.63, 3.8) is 0 Å². The molecule has 0 heterocycles. The van der Waals surface area contributed by atoms with Gasteiger partial charge < -0.3 is 5.11 Å². The third-order valence-corrected chi connectivity index (χ3v) is 2.34. The van der Waals surface area contributed by atoms with E-state index in [1.165, 1.54) is 12.1 Å². The quantitative estimate of drug-likeness (QED) is 0.829. The van der Waals surface area contributed by atoms with Crippen molar-refractivity contribution in [1.82, 2.24) is 0 Å². The van der Waals surface area contributed by atoms with Gasteiger partial charge in [0.05, 0.1) is 0 Å². The molecule has 1 N–H and O–H groups in total. The predicted octanol–water partition coefficient (Wildman–Crippen LogP) is 2.97. The minimum atomic E-state index is -0.853. The summed E-state index contributed by atoms with van der Waals surface area (Å²) in [5.74, 6) is -0.872. The number of aliphatic carboxylic acids is 1. The van der Waals surface area contributed by atoms with Crippen molar-refractivity contribution in [2.45, 2.75) is 32.6 Å². The highest BCUT2D eigenvalue weighted by molar-refractivity contribution is 5.67. The number of hydrogen-bond acceptors (Lipinski definition) is 1. The summed E-state index contributed by atoms with van der Waals surface area (Å²) in [6, 6.07) is 4.58. The number of carboxylic acids is 1. The lowest BCUT2D eigenvalue weighted by molar-refractivity contribution is -0.136. The topological polar surface area (TPSA) is 37.3 Å². The Balaban J connectivity index is 2.91. The molecular weight excluding hydrogens is 195 g/mol. The first-order chi connectivity index (χ1) is 7.00. The van der Waals surface area contributed by atoms with Crippen molar-refractivity contribution >= 4 is 5.97 Å². The standard InChI is InChI=1S/C12H15FO2/c1-8(2)11-5-4-10(13)7-9(11)3-6-12(14)15/h4-5,7-8H,3,6H2,1-2H3,(H,14,15). The zero-order valence-electron chi connectivity index (χ0n) is 8.96. The summed E-state index contributed by atoms with van der Waals surface area (Å²) in [7, 11) is 0. The maximum atomic E-state index is 13.0. The third kappa shape index (κ3) is 3.35. The highest BCUT2D eigenvalue weighted by Crippen LogP contribution is 2.21. The molecule has 0 fully saturated rings. The molecule has 0 aliphatic heterocycles. The fourth-order valence-electron chi connectivity index (χ4n) is 1.60. The molecule has 2 nitrogen and oxygen atoms in total. The van der Waals surface area contributed by atoms with Gasteiger partial charge in [-0.1, -0.05) is 19.9 Å². The maximum absolute atomic E-state index is 13.0. The predicted molar refractivity (Wildman–Crippen MR) is 56.4 cm³/mol. The molecule has 15 heavy (non-hydrogen) atoms. The van der Waals surface area contributed by atoms with E-state index < -0.39 is 5.97 Å². The molecule has 0 aliphatic rings. The molecular formula is C12H15FO2. The van der Waals surface area contributed by atoms with Crippen molar-refractivity contribution in [2.24, 2.45) is 0 Å². The summed E-state index contributed by atoms with van der Waals surface area (Å²) in [6.45, 7) is 4.02. The van der Waals surface area contributed by atoms with Crippen LogP contribution in [0.2, 0.25) is 0 Å². The zero-order valence-corrected chi connectivity index (χ0v) is 8.96. The van der Waals surface area contributed by atoms with E-state index in [1.807, 2.05) is 13.8 Å². The van der Waals surface area contributed by atoms with Crippen LogP contribution < -0.4 is 0 Å². The Morgan fingerprint density at radius 1 is 1.47 bits per heavy atom. The van der Waals surface area contributed by atoms with Gasteiger partial charge in [0.1, 0.15) is 5.82 Å². The molecule has 1 aromatic rings. The fraction of sp³-hybridized carbons (Fsp3) is 0.417. The van der Waals surface area contributed by atoms with Crippen molar-refractivity contribution in [2.75, 3.05) is 0 Å². The van der Waals surface area contributed by atoms with Gasteiger partial charge in [0.15, 0.2) is 0 Å². The van der Waals surface area contributed by atoms with Gasteiger partial charge in [0.2, 0.25) is 0 Å².